The monoisotopic (exact) mass is 321 g/mol. The van der Waals surface area contributed by atoms with Crippen molar-refractivity contribution in [2.45, 2.75) is 13.2 Å². The van der Waals surface area contributed by atoms with E-state index in [9.17, 15) is 0 Å². The second kappa shape index (κ2) is 7.28. The minimum Gasteiger partial charge on any atom is -0.497 e. The van der Waals surface area contributed by atoms with Crippen molar-refractivity contribution < 1.29 is 9.57 Å². The fraction of sp³-hybridized carbons (Fsp3) is 0.200. The van der Waals surface area contributed by atoms with E-state index in [0.717, 1.165) is 21.3 Å². The summed E-state index contributed by atoms with van der Waals surface area (Å²) in [6, 6.07) is 15.9. The van der Waals surface area contributed by atoms with Gasteiger partial charge in [0, 0.05) is 11.0 Å². The minimum atomic E-state index is 0.544. The van der Waals surface area contributed by atoms with Crippen molar-refractivity contribution in [2.75, 3.05) is 7.11 Å². The largest absolute Gasteiger partial charge is 0.497 e. The number of ether oxygens (including phenoxy) is 1. The third-order valence-electron chi connectivity index (χ3n) is 2.70. The molecule has 0 atom stereocenters. The molecular formula is C15H16BrNO2. The molecule has 0 saturated carbocycles. The van der Waals surface area contributed by atoms with Gasteiger partial charge in [0.05, 0.1) is 13.7 Å². The van der Waals surface area contributed by atoms with Gasteiger partial charge in [-0.15, -0.1) is 0 Å². The Balaban J connectivity index is 1.82. The Morgan fingerprint density at radius 2 is 1.89 bits per heavy atom. The van der Waals surface area contributed by atoms with E-state index in [4.69, 9.17) is 9.57 Å². The average molecular weight is 322 g/mol. The van der Waals surface area contributed by atoms with Gasteiger partial charge in [0.25, 0.3) is 0 Å². The zero-order valence-electron chi connectivity index (χ0n) is 10.7. The lowest BCUT2D eigenvalue weighted by Crippen LogP contribution is -2.14. The molecule has 0 heterocycles. The van der Waals surface area contributed by atoms with E-state index in [1.807, 2.05) is 48.5 Å². The second-order valence-electron chi connectivity index (χ2n) is 4.05. The summed E-state index contributed by atoms with van der Waals surface area (Å²) < 4.78 is 6.23. The summed E-state index contributed by atoms with van der Waals surface area (Å²) in [5.41, 5.74) is 5.19. The highest BCUT2D eigenvalue weighted by Gasteiger charge is 2.02. The zero-order chi connectivity index (χ0) is 13.5. The maximum atomic E-state index is 5.44. The third-order valence-corrected chi connectivity index (χ3v) is 3.47. The number of hydroxylamine groups is 1. The van der Waals surface area contributed by atoms with Crippen LogP contribution in [0.25, 0.3) is 0 Å². The van der Waals surface area contributed by atoms with E-state index in [2.05, 4.69) is 21.4 Å². The van der Waals surface area contributed by atoms with Gasteiger partial charge >= 0.3 is 0 Å². The lowest BCUT2D eigenvalue weighted by molar-refractivity contribution is 0.0234. The maximum Gasteiger partial charge on any atom is 0.119 e. The van der Waals surface area contributed by atoms with Crippen LogP contribution in [0.1, 0.15) is 11.1 Å². The summed E-state index contributed by atoms with van der Waals surface area (Å²) in [4.78, 5) is 5.44. The van der Waals surface area contributed by atoms with Crippen LogP contribution < -0.4 is 10.2 Å². The summed E-state index contributed by atoms with van der Waals surface area (Å²) in [5, 5.41) is 0. The molecule has 0 aliphatic rings. The van der Waals surface area contributed by atoms with Crippen molar-refractivity contribution in [3.05, 3.63) is 64.1 Å². The first-order valence-corrected chi connectivity index (χ1v) is 6.80. The molecule has 19 heavy (non-hydrogen) atoms. The maximum absolute atomic E-state index is 5.44. The molecule has 2 aromatic rings. The zero-order valence-corrected chi connectivity index (χ0v) is 12.3. The van der Waals surface area contributed by atoms with E-state index in [-0.39, 0.29) is 0 Å². The van der Waals surface area contributed by atoms with Crippen LogP contribution in [0.15, 0.2) is 53.0 Å². The Bertz CT molecular complexity index is 517. The van der Waals surface area contributed by atoms with Gasteiger partial charge in [-0.3, -0.25) is 4.84 Å². The number of methoxy groups -OCH3 is 1. The molecule has 0 spiro atoms. The molecule has 0 saturated heterocycles. The predicted molar refractivity (Wildman–Crippen MR) is 78.8 cm³/mol. The summed E-state index contributed by atoms with van der Waals surface area (Å²) in [6.45, 7) is 1.16. The SMILES string of the molecule is COc1ccc(Br)c(CNOCc2ccccc2)c1. The summed E-state index contributed by atoms with van der Waals surface area (Å²) in [7, 11) is 1.66. The van der Waals surface area contributed by atoms with Crippen molar-refractivity contribution in [3.8, 4) is 5.75 Å². The summed E-state index contributed by atoms with van der Waals surface area (Å²) >= 11 is 3.51. The van der Waals surface area contributed by atoms with Gasteiger partial charge in [-0.05, 0) is 29.3 Å². The predicted octanol–water partition coefficient (Wildman–Crippen LogP) is 3.68. The van der Waals surface area contributed by atoms with Crippen LogP contribution in [0.2, 0.25) is 0 Å². The van der Waals surface area contributed by atoms with Crippen LogP contribution in [0.5, 0.6) is 5.75 Å². The molecule has 0 amide bonds. The molecule has 2 aromatic carbocycles. The fourth-order valence-corrected chi connectivity index (χ4v) is 2.04. The van der Waals surface area contributed by atoms with Crippen molar-refractivity contribution in [1.29, 1.82) is 0 Å². The van der Waals surface area contributed by atoms with E-state index in [1.165, 1.54) is 0 Å². The topological polar surface area (TPSA) is 30.5 Å². The Morgan fingerprint density at radius 3 is 2.63 bits per heavy atom. The Hall–Kier alpha value is -1.36. The molecule has 2 rings (SSSR count). The van der Waals surface area contributed by atoms with Crippen LogP contribution >= 0.6 is 15.9 Å². The quantitative estimate of drug-likeness (QED) is 0.650. The van der Waals surface area contributed by atoms with Crippen LogP contribution in [-0.2, 0) is 18.0 Å². The van der Waals surface area contributed by atoms with Crippen molar-refractivity contribution in [3.63, 3.8) is 0 Å². The van der Waals surface area contributed by atoms with Crippen molar-refractivity contribution in [1.82, 2.24) is 5.48 Å². The van der Waals surface area contributed by atoms with Crippen molar-refractivity contribution >= 4 is 15.9 Å². The van der Waals surface area contributed by atoms with Crippen molar-refractivity contribution in [2.24, 2.45) is 0 Å². The van der Waals surface area contributed by atoms with Gasteiger partial charge in [0.2, 0.25) is 0 Å². The molecule has 0 aliphatic heterocycles. The highest BCUT2D eigenvalue weighted by atomic mass is 79.9. The van der Waals surface area contributed by atoms with E-state index >= 15 is 0 Å². The normalized spacial score (nSPS) is 10.4. The molecule has 0 unspecified atom stereocenters. The van der Waals surface area contributed by atoms with Crippen LogP contribution in [-0.4, -0.2) is 7.11 Å². The van der Waals surface area contributed by atoms with Gasteiger partial charge in [-0.2, -0.15) is 5.48 Å². The Morgan fingerprint density at radius 1 is 1.11 bits per heavy atom. The number of benzene rings is 2. The Kier molecular flexibility index (Phi) is 5.39. The number of rotatable bonds is 6. The number of halogens is 1. The summed E-state index contributed by atoms with van der Waals surface area (Å²) in [5.74, 6) is 0.836. The van der Waals surface area contributed by atoms with Gasteiger partial charge in [-0.25, -0.2) is 0 Å². The molecule has 1 N–H and O–H groups in total. The third kappa shape index (κ3) is 4.35. The average Bonchev–Trinajstić information content (AvgIpc) is 2.46. The van der Waals surface area contributed by atoms with E-state index < -0.39 is 0 Å². The van der Waals surface area contributed by atoms with Gasteiger partial charge < -0.3 is 4.74 Å². The summed E-state index contributed by atoms with van der Waals surface area (Å²) in [6.07, 6.45) is 0. The number of nitrogens with one attached hydrogen (secondary N) is 1. The molecule has 100 valence electrons. The van der Waals surface area contributed by atoms with E-state index in [1.54, 1.807) is 7.11 Å². The molecular weight excluding hydrogens is 306 g/mol. The first-order chi connectivity index (χ1) is 9.29. The van der Waals surface area contributed by atoms with E-state index in [0.29, 0.717) is 13.2 Å². The molecule has 3 nitrogen and oxygen atoms in total. The molecule has 0 aromatic heterocycles. The standard InChI is InChI=1S/C15H16BrNO2/c1-18-14-7-8-15(16)13(9-14)10-17-19-11-12-5-3-2-4-6-12/h2-9,17H,10-11H2,1H3. The minimum absolute atomic E-state index is 0.544. The molecule has 0 radical (unpaired) electrons. The van der Waals surface area contributed by atoms with Gasteiger partial charge in [-0.1, -0.05) is 46.3 Å². The lowest BCUT2D eigenvalue weighted by Gasteiger charge is -2.09. The molecule has 0 fully saturated rings. The second-order valence-corrected chi connectivity index (χ2v) is 4.91. The van der Waals surface area contributed by atoms with Gasteiger partial charge in [0.15, 0.2) is 0 Å². The first kappa shape index (κ1) is 14.1. The van der Waals surface area contributed by atoms with Crippen LogP contribution in [0, 0.1) is 0 Å². The first-order valence-electron chi connectivity index (χ1n) is 6.00. The molecule has 0 aliphatic carbocycles. The number of hydrogen-bond acceptors (Lipinski definition) is 3. The molecule has 0 bridgehead atoms. The smallest absolute Gasteiger partial charge is 0.119 e. The van der Waals surface area contributed by atoms with Crippen LogP contribution in [0.3, 0.4) is 0 Å². The van der Waals surface area contributed by atoms with Gasteiger partial charge in [0.1, 0.15) is 5.75 Å². The lowest BCUT2D eigenvalue weighted by atomic mass is 10.2. The fourth-order valence-electron chi connectivity index (χ4n) is 1.65. The number of hydrogen-bond donors (Lipinski definition) is 1. The highest BCUT2D eigenvalue weighted by molar-refractivity contribution is 9.10. The molecule has 4 heteroatoms. The highest BCUT2D eigenvalue weighted by Crippen LogP contribution is 2.22. The van der Waals surface area contributed by atoms with Crippen LogP contribution in [0.4, 0.5) is 0 Å². The Labute approximate surface area is 121 Å².